The van der Waals surface area contributed by atoms with Crippen LogP contribution in [0.2, 0.25) is 0 Å². The van der Waals surface area contributed by atoms with Gasteiger partial charge < -0.3 is 9.30 Å². The lowest BCUT2D eigenvalue weighted by Crippen LogP contribution is -2.44. The first-order chi connectivity index (χ1) is 18.4. The van der Waals surface area contributed by atoms with E-state index in [9.17, 15) is 27.6 Å². The molecule has 0 fully saturated rings. The molecule has 2 amide bonds. The summed E-state index contributed by atoms with van der Waals surface area (Å²) in [4.78, 5) is 44.5. The number of pyridine rings is 2. The van der Waals surface area contributed by atoms with Crippen molar-refractivity contribution in [3.05, 3.63) is 81.4 Å². The first-order valence-corrected chi connectivity index (χ1v) is 12.5. The van der Waals surface area contributed by atoms with Crippen molar-refractivity contribution in [1.82, 2.24) is 14.5 Å². The van der Waals surface area contributed by atoms with E-state index in [1.54, 1.807) is 31.2 Å². The normalized spacial score (nSPS) is 14.5. The second-order valence-electron chi connectivity index (χ2n) is 10.2. The summed E-state index contributed by atoms with van der Waals surface area (Å²) in [5.74, 6) is -1.47. The van der Waals surface area contributed by atoms with Crippen LogP contribution in [0.4, 0.5) is 13.2 Å². The Bertz CT molecular complexity index is 1670. The van der Waals surface area contributed by atoms with Crippen LogP contribution in [-0.4, -0.2) is 38.9 Å². The van der Waals surface area contributed by atoms with Crippen LogP contribution in [0.3, 0.4) is 0 Å². The third-order valence-electron chi connectivity index (χ3n) is 7.08. The highest BCUT2D eigenvalue weighted by atomic mass is 19.4. The summed E-state index contributed by atoms with van der Waals surface area (Å²) in [6.07, 6.45) is -2.99. The number of aryl methyl sites for hydroxylation is 2. The largest absolute Gasteiger partial charge is 0.491 e. The van der Waals surface area contributed by atoms with Gasteiger partial charge in [-0.3, -0.25) is 24.3 Å². The standard InChI is InChI=1S/C29H26F3N3O4/c1-15(2)11-17(35-26(36)19-7-5-6-8-20(19)27(35)37)14-39-24-13-23-21(12-22(24)29(30,31)32)18-9-10-33-16(3)25(18)28(38)34(23)4/h5-10,12-13,15,17H,11,14H2,1-4H3. The van der Waals surface area contributed by atoms with Crippen molar-refractivity contribution < 1.29 is 27.5 Å². The topological polar surface area (TPSA) is 81.5 Å². The Morgan fingerprint density at radius 2 is 1.62 bits per heavy atom. The minimum atomic E-state index is -4.77. The summed E-state index contributed by atoms with van der Waals surface area (Å²) in [6, 6.07) is 9.30. The number of halogens is 3. The van der Waals surface area contributed by atoms with Crippen LogP contribution in [0.15, 0.2) is 53.5 Å². The maximum absolute atomic E-state index is 14.3. The highest BCUT2D eigenvalue weighted by Crippen LogP contribution is 2.40. The molecule has 0 bridgehead atoms. The van der Waals surface area contributed by atoms with Crippen LogP contribution in [-0.2, 0) is 13.2 Å². The molecular formula is C29H26F3N3O4. The smallest absolute Gasteiger partial charge is 0.419 e. The van der Waals surface area contributed by atoms with E-state index in [2.05, 4.69) is 4.98 Å². The van der Waals surface area contributed by atoms with E-state index in [-0.39, 0.29) is 39.9 Å². The average Bonchev–Trinajstić information content (AvgIpc) is 3.13. The fraction of sp³-hybridized carbons (Fsp3) is 0.310. The van der Waals surface area contributed by atoms with Gasteiger partial charge in [0.05, 0.1) is 39.3 Å². The second-order valence-corrected chi connectivity index (χ2v) is 10.2. The minimum Gasteiger partial charge on any atom is -0.491 e. The number of carbonyl (C=O) groups excluding carboxylic acids is 2. The Morgan fingerprint density at radius 1 is 0.974 bits per heavy atom. The lowest BCUT2D eigenvalue weighted by Gasteiger charge is -2.28. The van der Waals surface area contributed by atoms with Gasteiger partial charge in [-0.2, -0.15) is 13.2 Å². The quantitative estimate of drug-likeness (QED) is 0.240. The number of carbonyl (C=O) groups is 2. The summed E-state index contributed by atoms with van der Waals surface area (Å²) < 4.78 is 49.9. The molecule has 1 aliphatic rings. The molecular weight excluding hydrogens is 511 g/mol. The third kappa shape index (κ3) is 4.43. The fourth-order valence-corrected chi connectivity index (χ4v) is 5.26. The van der Waals surface area contributed by atoms with E-state index in [4.69, 9.17) is 4.74 Å². The molecule has 1 unspecified atom stereocenters. The van der Waals surface area contributed by atoms with Crippen LogP contribution in [0.25, 0.3) is 21.7 Å². The summed E-state index contributed by atoms with van der Waals surface area (Å²) in [5.41, 5.74) is -0.231. The minimum absolute atomic E-state index is 0.0191. The van der Waals surface area contributed by atoms with Crippen molar-refractivity contribution in [3.8, 4) is 5.75 Å². The van der Waals surface area contributed by atoms with Crippen molar-refractivity contribution in [3.63, 3.8) is 0 Å². The van der Waals surface area contributed by atoms with Crippen LogP contribution in [0.1, 0.15) is 52.2 Å². The molecule has 0 saturated heterocycles. The van der Waals surface area contributed by atoms with Gasteiger partial charge in [-0.25, -0.2) is 0 Å². The first kappa shape index (κ1) is 26.4. The molecule has 5 rings (SSSR count). The van der Waals surface area contributed by atoms with E-state index in [1.807, 2.05) is 13.8 Å². The Hall–Kier alpha value is -4.21. The molecule has 0 aliphatic carbocycles. The van der Waals surface area contributed by atoms with Gasteiger partial charge in [0.15, 0.2) is 0 Å². The highest BCUT2D eigenvalue weighted by molar-refractivity contribution is 6.21. The Balaban J connectivity index is 1.60. The summed E-state index contributed by atoms with van der Waals surface area (Å²) in [7, 11) is 1.48. The number of ether oxygens (including phenoxy) is 1. The number of hydrogen-bond donors (Lipinski definition) is 0. The molecule has 2 aromatic carbocycles. The van der Waals surface area contributed by atoms with Crippen LogP contribution < -0.4 is 10.3 Å². The lowest BCUT2D eigenvalue weighted by atomic mass is 10.0. The van der Waals surface area contributed by atoms with Gasteiger partial charge in [0.25, 0.3) is 17.4 Å². The summed E-state index contributed by atoms with van der Waals surface area (Å²) in [6.45, 7) is 5.06. The molecule has 10 heteroatoms. The van der Waals surface area contributed by atoms with Gasteiger partial charge >= 0.3 is 6.18 Å². The number of fused-ring (bicyclic) bond motifs is 4. The predicted molar refractivity (Wildman–Crippen MR) is 140 cm³/mol. The first-order valence-electron chi connectivity index (χ1n) is 12.5. The van der Waals surface area contributed by atoms with E-state index in [0.717, 1.165) is 11.0 Å². The number of alkyl halides is 3. The van der Waals surface area contributed by atoms with E-state index in [0.29, 0.717) is 17.5 Å². The Labute approximate surface area is 221 Å². The molecule has 39 heavy (non-hydrogen) atoms. The molecule has 0 N–H and O–H groups in total. The molecule has 3 heterocycles. The molecule has 0 saturated carbocycles. The number of benzene rings is 2. The van der Waals surface area contributed by atoms with Crippen LogP contribution in [0.5, 0.6) is 5.75 Å². The zero-order valence-electron chi connectivity index (χ0n) is 21.8. The maximum Gasteiger partial charge on any atom is 0.419 e. The zero-order chi connectivity index (χ0) is 28.2. The molecule has 1 atom stereocenters. The number of nitrogens with zero attached hydrogens (tertiary/aromatic N) is 3. The number of amides is 2. The number of rotatable bonds is 6. The van der Waals surface area contributed by atoms with Gasteiger partial charge in [0, 0.05) is 24.7 Å². The molecule has 4 aromatic rings. The average molecular weight is 538 g/mol. The van der Waals surface area contributed by atoms with Crippen molar-refractivity contribution in [2.75, 3.05) is 6.61 Å². The van der Waals surface area contributed by atoms with Gasteiger partial charge in [-0.05, 0) is 48.9 Å². The Morgan fingerprint density at radius 3 is 2.21 bits per heavy atom. The number of imide groups is 1. The van der Waals surface area contributed by atoms with Crippen molar-refractivity contribution in [2.24, 2.45) is 13.0 Å². The third-order valence-corrected chi connectivity index (χ3v) is 7.08. The van der Waals surface area contributed by atoms with Crippen LogP contribution >= 0.6 is 0 Å². The van der Waals surface area contributed by atoms with Gasteiger partial charge in [-0.15, -0.1) is 0 Å². The molecule has 7 nitrogen and oxygen atoms in total. The molecule has 0 radical (unpaired) electrons. The van der Waals surface area contributed by atoms with Crippen LogP contribution in [0, 0.1) is 12.8 Å². The van der Waals surface area contributed by atoms with Gasteiger partial charge in [-0.1, -0.05) is 26.0 Å². The number of aromatic nitrogens is 2. The lowest BCUT2D eigenvalue weighted by molar-refractivity contribution is -0.139. The maximum atomic E-state index is 14.3. The van der Waals surface area contributed by atoms with Gasteiger partial charge in [0.1, 0.15) is 12.4 Å². The van der Waals surface area contributed by atoms with Crippen molar-refractivity contribution in [1.29, 1.82) is 0 Å². The summed E-state index contributed by atoms with van der Waals surface area (Å²) >= 11 is 0. The van der Waals surface area contributed by atoms with E-state index < -0.39 is 40.9 Å². The highest BCUT2D eigenvalue weighted by Gasteiger charge is 2.41. The predicted octanol–water partition coefficient (Wildman–Crippen LogP) is 5.50. The summed E-state index contributed by atoms with van der Waals surface area (Å²) in [5, 5.41) is 0.842. The molecule has 202 valence electrons. The Kier molecular flexibility index (Phi) is 6.44. The zero-order valence-corrected chi connectivity index (χ0v) is 21.8. The van der Waals surface area contributed by atoms with Gasteiger partial charge in [0.2, 0.25) is 0 Å². The molecule has 1 aliphatic heterocycles. The molecule has 0 spiro atoms. The SMILES string of the molecule is Cc1nccc2c1c(=O)n(C)c1cc(OCC(CC(C)C)N3C(=O)c4ccccc4C3=O)c(C(F)(F)F)cc21. The number of hydrogen-bond acceptors (Lipinski definition) is 5. The molecule has 2 aromatic heterocycles. The van der Waals surface area contributed by atoms with E-state index in [1.165, 1.54) is 29.9 Å². The van der Waals surface area contributed by atoms with Crippen molar-refractivity contribution >= 4 is 33.5 Å². The van der Waals surface area contributed by atoms with Crippen molar-refractivity contribution in [2.45, 2.75) is 39.4 Å². The fourth-order valence-electron chi connectivity index (χ4n) is 5.26. The monoisotopic (exact) mass is 537 g/mol. The van der Waals surface area contributed by atoms with E-state index >= 15 is 0 Å². The second kappa shape index (κ2) is 9.52.